The van der Waals surface area contributed by atoms with Crippen molar-refractivity contribution < 1.29 is 13.9 Å². The number of nitrogens with zero attached hydrogens (tertiary/aromatic N) is 1. The van der Waals surface area contributed by atoms with Crippen LogP contribution in [0.2, 0.25) is 0 Å². The predicted molar refractivity (Wildman–Crippen MR) is 79.8 cm³/mol. The Morgan fingerprint density at radius 2 is 2.14 bits per heavy atom. The lowest BCUT2D eigenvalue weighted by Crippen LogP contribution is -2.19. The molecule has 21 heavy (non-hydrogen) atoms. The minimum absolute atomic E-state index is 0.666. The molecule has 1 saturated carbocycles. The molecule has 0 spiro atoms. The van der Waals surface area contributed by atoms with Gasteiger partial charge >= 0.3 is 0 Å². The Bertz CT molecular complexity index is 605. The van der Waals surface area contributed by atoms with E-state index in [2.05, 4.69) is 10.3 Å². The van der Waals surface area contributed by atoms with E-state index in [1.165, 1.54) is 12.8 Å². The molecular weight excluding hydrogens is 268 g/mol. The Morgan fingerprint density at radius 3 is 2.86 bits per heavy atom. The normalized spacial score (nSPS) is 14.2. The number of rotatable bonds is 7. The highest BCUT2D eigenvalue weighted by Gasteiger charge is 2.20. The van der Waals surface area contributed by atoms with Crippen molar-refractivity contribution in [2.45, 2.75) is 25.3 Å². The van der Waals surface area contributed by atoms with Gasteiger partial charge < -0.3 is 19.2 Å². The van der Waals surface area contributed by atoms with Gasteiger partial charge in [-0.2, -0.15) is 0 Å². The van der Waals surface area contributed by atoms with E-state index in [9.17, 15) is 0 Å². The Morgan fingerprint density at radius 1 is 1.29 bits per heavy atom. The molecule has 0 amide bonds. The Kier molecular flexibility index (Phi) is 4.10. The van der Waals surface area contributed by atoms with Crippen molar-refractivity contribution in [2.24, 2.45) is 0 Å². The number of aromatic nitrogens is 1. The fourth-order valence-electron chi connectivity index (χ4n) is 2.30. The van der Waals surface area contributed by atoms with Gasteiger partial charge in [-0.15, -0.1) is 0 Å². The molecule has 1 heterocycles. The van der Waals surface area contributed by atoms with Gasteiger partial charge in [-0.25, -0.2) is 4.98 Å². The van der Waals surface area contributed by atoms with Crippen molar-refractivity contribution in [3.8, 4) is 22.8 Å². The van der Waals surface area contributed by atoms with Gasteiger partial charge in [0, 0.05) is 19.0 Å². The van der Waals surface area contributed by atoms with Crippen molar-refractivity contribution >= 4 is 0 Å². The number of methoxy groups -OCH3 is 2. The predicted octanol–water partition coefficient (Wildman–Crippen LogP) is 2.65. The standard InChI is InChI=1S/C16H20N2O3/c1-19-13-5-3-4-12(16(13)20-2)14-10-18-15(21-14)8-9-17-11-6-7-11/h3-5,10-11,17H,6-9H2,1-2H3. The van der Waals surface area contributed by atoms with Crippen molar-refractivity contribution in [2.75, 3.05) is 20.8 Å². The van der Waals surface area contributed by atoms with Crippen LogP contribution in [-0.2, 0) is 6.42 Å². The minimum atomic E-state index is 0.666. The summed E-state index contributed by atoms with van der Waals surface area (Å²) in [6.07, 6.45) is 5.11. The summed E-state index contributed by atoms with van der Waals surface area (Å²) in [6.45, 7) is 0.903. The summed E-state index contributed by atoms with van der Waals surface area (Å²) >= 11 is 0. The second-order valence-electron chi connectivity index (χ2n) is 5.14. The lowest BCUT2D eigenvalue weighted by Gasteiger charge is -2.10. The molecule has 1 aromatic carbocycles. The lowest BCUT2D eigenvalue weighted by molar-refractivity contribution is 0.355. The maximum Gasteiger partial charge on any atom is 0.196 e. The topological polar surface area (TPSA) is 56.5 Å². The van der Waals surface area contributed by atoms with Crippen LogP contribution in [0.1, 0.15) is 18.7 Å². The van der Waals surface area contributed by atoms with Crippen LogP contribution in [0.4, 0.5) is 0 Å². The number of hydrogen-bond acceptors (Lipinski definition) is 5. The molecular formula is C16H20N2O3. The first-order valence-electron chi connectivity index (χ1n) is 7.21. The van der Waals surface area contributed by atoms with Gasteiger partial charge in [0.2, 0.25) is 0 Å². The molecule has 0 saturated heterocycles. The van der Waals surface area contributed by atoms with Crippen molar-refractivity contribution in [1.29, 1.82) is 0 Å². The highest BCUT2D eigenvalue weighted by atomic mass is 16.5. The third kappa shape index (κ3) is 3.19. The lowest BCUT2D eigenvalue weighted by atomic mass is 10.1. The largest absolute Gasteiger partial charge is 0.493 e. The Balaban J connectivity index is 1.75. The van der Waals surface area contributed by atoms with Crippen LogP contribution < -0.4 is 14.8 Å². The number of hydrogen-bond donors (Lipinski definition) is 1. The second-order valence-corrected chi connectivity index (χ2v) is 5.14. The zero-order valence-electron chi connectivity index (χ0n) is 12.4. The molecule has 0 atom stereocenters. The highest BCUT2D eigenvalue weighted by Crippen LogP contribution is 2.37. The molecule has 1 N–H and O–H groups in total. The van der Waals surface area contributed by atoms with Gasteiger partial charge in [-0.1, -0.05) is 6.07 Å². The number of ether oxygens (including phenoxy) is 2. The SMILES string of the molecule is COc1cccc(-c2cnc(CCNC3CC3)o2)c1OC. The summed E-state index contributed by atoms with van der Waals surface area (Å²) in [5, 5.41) is 3.45. The van der Waals surface area contributed by atoms with E-state index in [0.29, 0.717) is 23.3 Å². The van der Waals surface area contributed by atoms with E-state index >= 15 is 0 Å². The quantitative estimate of drug-likeness (QED) is 0.849. The van der Waals surface area contributed by atoms with Crippen LogP contribution in [0.15, 0.2) is 28.8 Å². The Labute approximate surface area is 124 Å². The van der Waals surface area contributed by atoms with Crippen LogP contribution in [0, 0.1) is 0 Å². The first-order valence-corrected chi connectivity index (χ1v) is 7.21. The Hall–Kier alpha value is -2.01. The van der Waals surface area contributed by atoms with Crippen molar-refractivity contribution in [3.05, 3.63) is 30.3 Å². The monoisotopic (exact) mass is 288 g/mol. The molecule has 0 unspecified atom stereocenters. The number of oxazole rings is 1. The first kappa shape index (κ1) is 13.9. The molecule has 0 radical (unpaired) electrons. The molecule has 1 aliphatic rings. The molecule has 5 heteroatoms. The van der Waals surface area contributed by atoms with Crippen LogP contribution in [-0.4, -0.2) is 31.8 Å². The van der Waals surface area contributed by atoms with E-state index in [1.807, 2.05) is 18.2 Å². The van der Waals surface area contributed by atoms with E-state index in [4.69, 9.17) is 13.9 Å². The molecule has 1 aromatic heterocycles. The van der Waals surface area contributed by atoms with Gasteiger partial charge in [-0.3, -0.25) is 0 Å². The number of para-hydroxylation sites is 1. The van der Waals surface area contributed by atoms with Crippen LogP contribution in [0.25, 0.3) is 11.3 Å². The van der Waals surface area contributed by atoms with Crippen molar-refractivity contribution in [3.63, 3.8) is 0 Å². The molecule has 5 nitrogen and oxygen atoms in total. The van der Waals surface area contributed by atoms with Gasteiger partial charge in [0.1, 0.15) is 0 Å². The fraction of sp³-hybridized carbons (Fsp3) is 0.438. The summed E-state index contributed by atoms with van der Waals surface area (Å²) < 4.78 is 16.6. The van der Waals surface area contributed by atoms with Gasteiger partial charge in [-0.05, 0) is 25.0 Å². The highest BCUT2D eigenvalue weighted by molar-refractivity contribution is 5.69. The summed E-state index contributed by atoms with van der Waals surface area (Å²) in [7, 11) is 3.25. The smallest absolute Gasteiger partial charge is 0.196 e. The molecule has 2 aromatic rings. The molecule has 1 fully saturated rings. The van der Waals surface area contributed by atoms with Crippen LogP contribution in [0.3, 0.4) is 0 Å². The summed E-state index contributed by atoms with van der Waals surface area (Å²) in [5.74, 6) is 2.79. The third-order valence-electron chi connectivity index (χ3n) is 3.57. The van der Waals surface area contributed by atoms with Gasteiger partial charge in [0.25, 0.3) is 0 Å². The van der Waals surface area contributed by atoms with Crippen molar-refractivity contribution in [1.82, 2.24) is 10.3 Å². The minimum Gasteiger partial charge on any atom is -0.493 e. The maximum absolute atomic E-state index is 5.83. The average molecular weight is 288 g/mol. The molecule has 0 bridgehead atoms. The molecule has 0 aliphatic heterocycles. The molecule has 1 aliphatic carbocycles. The molecule has 112 valence electrons. The third-order valence-corrected chi connectivity index (χ3v) is 3.57. The fourth-order valence-corrected chi connectivity index (χ4v) is 2.30. The summed E-state index contributed by atoms with van der Waals surface area (Å²) in [4.78, 5) is 4.34. The average Bonchev–Trinajstić information content (AvgIpc) is 3.22. The maximum atomic E-state index is 5.83. The first-order chi connectivity index (χ1) is 10.3. The summed E-state index contributed by atoms with van der Waals surface area (Å²) in [6, 6.07) is 6.42. The second kappa shape index (κ2) is 6.18. The van der Waals surface area contributed by atoms with Crippen LogP contribution >= 0.6 is 0 Å². The van der Waals surface area contributed by atoms with E-state index < -0.39 is 0 Å². The van der Waals surface area contributed by atoms with E-state index in [-0.39, 0.29) is 0 Å². The van der Waals surface area contributed by atoms with Crippen LogP contribution in [0.5, 0.6) is 11.5 Å². The summed E-state index contributed by atoms with van der Waals surface area (Å²) in [5.41, 5.74) is 0.853. The number of nitrogens with one attached hydrogen (secondary N) is 1. The van der Waals surface area contributed by atoms with E-state index in [1.54, 1.807) is 20.4 Å². The number of benzene rings is 1. The zero-order valence-corrected chi connectivity index (χ0v) is 12.4. The zero-order chi connectivity index (χ0) is 14.7. The van der Waals surface area contributed by atoms with Gasteiger partial charge in [0.15, 0.2) is 23.1 Å². The van der Waals surface area contributed by atoms with Gasteiger partial charge in [0.05, 0.1) is 26.0 Å². The molecule has 3 rings (SSSR count). The van der Waals surface area contributed by atoms with E-state index in [0.717, 1.165) is 24.4 Å².